The smallest absolute Gasteiger partial charge is 0.0918 e. The Balaban J connectivity index is 1.80. The van der Waals surface area contributed by atoms with Gasteiger partial charge in [-0.2, -0.15) is 5.26 Å². The highest BCUT2D eigenvalue weighted by Crippen LogP contribution is 2.40. The van der Waals surface area contributed by atoms with Gasteiger partial charge in [-0.25, -0.2) is 0 Å². The van der Waals surface area contributed by atoms with E-state index in [0.29, 0.717) is 6.04 Å². The van der Waals surface area contributed by atoms with Gasteiger partial charge in [-0.1, -0.05) is 55.5 Å². The van der Waals surface area contributed by atoms with Gasteiger partial charge >= 0.3 is 0 Å². The van der Waals surface area contributed by atoms with Crippen LogP contribution in [0, 0.1) is 11.3 Å². The highest BCUT2D eigenvalue weighted by atomic mass is 15.3. The second kappa shape index (κ2) is 7.45. The van der Waals surface area contributed by atoms with Crippen molar-refractivity contribution >= 4 is 5.57 Å². The van der Waals surface area contributed by atoms with Gasteiger partial charge in [-0.15, -0.1) is 0 Å². The van der Waals surface area contributed by atoms with Crippen molar-refractivity contribution in [1.82, 2.24) is 9.80 Å². The van der Waals surface area contributed by atoms with Gasteiger partial charge in [0.05, 0.1) is 6.07 Å². The summed E-state index contributed by atoms with van der Waals surface area (Å²) in [6.07, 6.45) is 2.72. The van der Waals surface area contributed by atoms with Crippen molar-refractivity contribution in [3.8, 4) is 6.07 Å². The van der Waals surface area contributed by atoms with Crippen LogP contribution in [0.4, 0.5) is 0 Å². The molecule has 2 aromatic carbocycles. The molecule has 26 heavy (non-hydrogen) atoms. The van der Waals surface area contributed by atoms with Gasteiger partial charge in [-0.05, 0) is 40.8 Å². The molecule has 3 heteroatoms. The number of rotatable bonds is 2. The molecule has 1 heterocycles. The zero-order valence-corrected chi connectivity index (χ0v) is 15.4. The average molecular weight is 343 g/mol. The molecule has 0 bridgehead atoms. The molecule has 1 fully saturated rings. The summed E-state index contributed by atoms with van der Waals surface area (Å²) >= 11 is 0. The number of nitriles is 1. The highest BCUT2D eigenvalue weighted by molar-refractivity contribution is 5.85. The predicted octanol–water partition coefficient (Wildman–Crippen LogP) is 3.88. The summed E-state index contributed by atoms with van der Waals surface area (Å²) in [5, 5.41) is 9.39. The lowest BCUT2D eigenvalue weighted by atomic mass is 9.93. The Hall–Kier alpha value is -2.41. The summed E-state index contributed by atoms with van der Waals surface area (Å²) in [4.78, 5) is 5.16. The van der Waals surface area contributed by atoms with Crippen LogP contribution in [-0.2, 0) is 6.42 Å². The molecular weight excluding hydrogens is 318 g/mol. The Morgan fingerprint density at radius 1 is 1.00 bits per heavy atom. The van der Waals surface area contributed by atoms with Gasteiger partial charge in [0.2, 0.25) is 0 Å². The van der Waals surface area contributed by atoms with Crippen molar-refractivity contribution < 1.29 is 0 Å². The molecule has 3 nitrogen and oxygen atoms in total. The quantitative estimate of drug-likeness (QED) is 0.775. The third-order valence-corrected chi connectivity index (χ3v) is 5.83. The molecule has 1 aliphatic carbocycles. The number of benzene rings is 2. The van der Waals surface area contributed by atoms with Crippen LogP contribution in [0.3, 0.4) is 0 Å². The molecule has 0 aromatic heterocycles. The summed E-state index contributed by atoms with van der Waals surface area (Å²) in [7, 11) is 0. The Labute approximate surface area is 156 Å². The molecule has 0 spiro atoms. The number of hydrogen-bond donors (Lipinski definition) is 0. The number of likely N-dealkylation sites (N-methyl/N-ethyl adjacent to an activating group) is 1. The van der Waals surface area contributed by atoms with Gasteiger partial charge in [0, 0.05) is 38.3 Å². The van der Waals surface area contributed by atoms with Crippen LogP contribution in [0.25, 0.3) is 5.57 Å². The van der Waals surface area contributed by atoms with E-state index in [1.165, 1.54) is 22.3 Å². The van der Waals surface area contributed by atoms with Crippen LogP contribution in [0.15, 0.2) is 54.6 Å². The fraction of sp³-hybridized carbons (Fsp3) is 0.348. The molecule has 0 amide bonds. The minimum atomic E-state index is 0.371. The number of nitrogens with zero attached hydrogens (tertiary/aromatic N) is 3. The van der Waals surface area contributed by atoms with Gasteiger partial charge in [0.25, 0.3) is 0 Å². The van der Waals surface area contributed by atoms with E-state index in [0.717, 1.165) is 44.7 Å². The van der Waals surface area contributed by atoms with E-state index in [4.69, 9.17) is 0 Å². The van der Waals surface area contributed by atoms with E-state index in [1.54, 1.807) is 6.08 Å². The summed E-state index contributed by atoms with van der Waals surface area (Å²) in [6.45, 7) is 7.85. The van der Waals surface area contributed by atoms with Gasteiger partial charge < -0.3 is 4.90 Å². The Morgan fingerprint density at radius 3 is 2.42 bits per heavy atom. The third-order valence-electron chi connectivity index (χ3n) is 5.83. The zero-order valence-electron chi connectivity index (χ0n) is 15.4. The van der Waals surface area contributed by atoms with Crippen molar-refractivity contribution in [3.05, 3.63) is 76.9 Å². The van der Waals surface area contributed by atoms with E-state index in [1.807, 2.05) is 0 Å². The second-order valence-corrected chi connectivity index (χ2v) is 7.12. The number of hydrogen-bond acceptors (Lipinski definition) is 3. The second-order valence-electron chi connectivity index (χ2n) is 7.12. The maximum Gasteiger partial charge on any atom is 0.0918 e. The summed E-state index contributed by atoms with van der Waals surface area (Å²) < 4.78 is 0. The average Bonchev–Trinajstić information content (AvgIpc) is 2.84. The van der Waals surface area contributed by atoms with Crippen LogP contribution >= 0.6 is 0 Å². The molecule has 1 aliphatic heterocycles. The fourth-order valence-corrected chi connectivity index (χ4v) is 4.39. The zero-order chi connectivity index (χ0) is 17.9. The Bertz CT molecular complexity index is 854. The molecule has 0 N–H and O–H groups in total. The van der Waals surface area contributed by atoms with E-state index in [-0.39, 0.29) is 0 Å². The van der Waals surface area contributed by atoms with Crippen molar-refractivity contribution in [2.45, 2.75) is 19.4 Å². The van der Waals surface area contributed by atoms with Gasteiger partial charge in [-0.3, -0.25) is 4.90 Å². The van der Waals surface area contributed by atoms with Gasteiger partial charge in [0.1, 0.15) is 0 Å². The summed E-state index contributed by atoms with van der Waals surface area (Å²) in [6, 6.07) is 19.9. The SMILES string of the molecule is CCN1CCN(C2Cc3ccccc3C(=CC#N)c3ccccc32)CC1. The molecule has 2 aromatic rings. The topological polar surface area (TPSA) is 30.3 Å². The molecule has 0 radical (unpaired) electrons. The molecule has 1 unspecified atom stereocenters. The lowest BCUT2D eigenvalue weighted by molar-refractivity contribution is 0.0989. The first-order valence-corrected chi connectivity index (χ1v) is 9.55. The maximum absolute atomic E-state index is 9.39. The molecule has 1 saturated heterocycles. The molecule has 1 atom stereocenters. The van der Waals surface area contributed by atoms with Crippen molar-refractivity contribution in [1.29, 1.82) is 5.26 Å². The van der Waals surface area contributed by atoms with Crippen molar-refractivity contribution in [2.75, 3.05) is 32.7 Å². The third kappa shape index (κ3) is 3.07. The van der Waals surface area contributed by atoms with Crippen LogP contribution < -0.4 is 0 Å². The fourth-order valence-electron chi connectivity index (χ4n) is 4.39. The first kappa shape index (κ1) is 17.0. The number of piperazine rings is 1. The Morgan fingerprint density at radius 2 is 1.69 bits per heavy atom. The summed E-state index contributed by atoms with van der Waals surface area (Å²) in [5.74, 6) is 0. The standard InChI is InChI=1S/C23H25N3/c1-2-25-13-15-26(16-14-25)23-17-18-7-3-4-8-19(18)21(11-12-24)20-9-5-6-10-22(20)23/h3-11,23H,2,13-17H2,1H3. The lowest BCUT2D eigenvalue weighted by Gasteiger charge is -2.39. The monoisotopic (exact) mass is 343 g/mol. The van der Waals surface area contributed by atoms with E-state index >= 15 is 0 Å². The normalized spacial score (nSPS) is 22.3. The maximum atomic E-state index is 9.39. The van der Waals surface area contributed by atoms with Crippen LogP contribution in [0.5, 0.6) is 0 Å². The first-order valence-electron chi connectivity index (χ1n) is 9.55. The predicted molar refractivity (Wildman–Crippen MR) is 106 cm³/mol. The number of fused-ring (bicyclic) bond motifs is 2. The largest absolute Gasteiger partial charge is 0.301 e. The lowest BCUT2D eigenvalue weighted by Crippen LogP contribution is -2.47. The molecule has 0 saturated carbocycles. The van der Waals surface area contributed by atoms with Crippen LogP contribution in [0.2, 0.25) is 0 Å². The minimum absolute atomic E-state index is 0.371. The summed E-state index contributed by atoms with van der Waals surface area (Å²) in [5.41, 5.74) is 6.18. The highest BCUT2D eigenvalue weighted by Gasteiger charge is 2.30. The van der Waals surface area contributed by atoms with Crippen molar-refractivity contribution in [2.24, 2.45) is 0 Å². The van der Waals surface area contributed by atoms with Crippen molar-refractivity contribution in [3.63, 3.8) is 0 Å². The minimum Gasteiger partial charge on any atom is -0.301 e. The Kier molecular flexibility index (Phi) is 4.88. The van der Waals surface area contributed by atoms with E-state index in [9.17, 15) is 5.26 Å². The molecule has 4 rings (SSSR count). The van der Waals surface area contributed by atoms with E-state index < -0.39 is 0 Å². The van der Waals surface area contributed by atoms with Crippen LogP contribution in [0.1, 0.15) is 35.2 Å². The molecule has 2 aliphatic rings. The van der Waals surface area contributed by atoms with E-state index in [2.05, 4.69) is 71.3 Å². The van der Waals surface area contributed by atoms with Gasteiger partial charge in [0.15, 0.2) is 0 Å². The van der Waals surface area contributed by atoms with Crippen LogP contribution in [-0.4, -0.2) is 42.5 Å². The molecule has 132 valence electrons. The number of allylic oxidation sites excluding steroid dienone is 1. The first-order chi connectivity index (χ1) is 12.8. The molecular formula is C23H25N3.